The summed E-state index contributed by atoms with van der Waals surface area (Å²) in [6, 6.07) is 17.4. The lowest BCUT2D eigenvalue weighted by atomic mass is 9.84. The highest BCUT2D eigenvalue weighted by molar-refractivity contribution is 5.85. The van der Waals surface area contributed by atoms with Gasteiger partial charge < -0.3 is 11.1 Å². The molecule has 0 aliphatic rings. The summed E-state index contributed by atoms with van der Waals surface area (Å²) in [5.74, 6) is -0.144. The summed E-state index contributed by atoms with van der Waals surface area (Å²) in [5.41, 5.74) is 9.25. The van der Waals surface area contributed by atoms with E-state index in [1.165, 1.54) is 11.1 Å². The Morgan fingerprint density at radius 3 is 2.21 bits per heavy atom. The number of hydrogen-bond donors (Lipinski definition) is 2. The van der Waals surface area contributed by atoms with Crippen molar-refractivity contribution in [1.29, 1.82) is 0 Å². The van der Waals surface area contributed by atoms with E-state index in [0.29, 0.717) is 6.54 Å². The number of benzene rings is 2. The van der Waals surface area contributed by atoms with Crippen molar-refractivity contribution < 1.29 is 4.79 Å². The molecule has 3 N–H and O–H groups in total. The van der Waals surface area contributed by atoms with Crippen molar-refractivity contribution in [3.63, 3.8) is 0 Å². The molecule has 0 heterocycles. The second-order valence-corrected chi connectivity index (χ2v) is 6.54. The van der Waals surface area contributed by atoms with Crippen molar-refractivity contribution in [3.05, 3.63) is 71.3 Å². The maximum absolute atomic E-state index is 12.3. The van der Waals surface area contributed by atoms with Gasteiger partial charge in [0.2, 0.25) is 5.91 Å². The molecule has 4 heteroatoms. The lowest BCUT2D eigenvalue weighted by Crippen LogP contribution is -2.41. The first kappa shape index (κ1) is 20.2. The topological polar surface area (TPSA) is 55.1 Å². The standard InChI is InChI=1S/C20H26N2O.ClH/c1-4-15-10-12-17(13-11-15)20(2,3)14-22-19(23)18(21)16-8-6-5-7-9-16;/h5-13,18H,4,14,21H2,1-3H3,(H,22,23);1H. The number of carbonyl (C=O) groups excluding carboxylic acids is 1. The maximum atomic E-state index is 12.3. The third-order valence-electron chi connectivity index (χ3n) is 4.29. The lowest BCUT2D eigenvalue weighted by Gasteiger charge is -2.26. The Morgan fingerprint density at radius 1 is 1.08 bits per heavy atom. The molecule has 0 aromatic heterocycles. The Bertz CT molecular complexity index is 638. The summed E-state index contributed by atoms with van der Waals surface area (Å²) in [7, 11) is 0. The van der Waals surface area contributed by atoms with Crippen molar-refractivity contribution in [2.45, 2.75) is 38.6 Å². The number of hydrogen-bond acceptors (Lipinski definition) is 2. The fourth-order valence-electron chi connectivity index (χ4n) is 2.52. The predicted molar refractivity (Wildman–Crippen MR) is 102 cm³/mol. The van der Waals surface area contributed by atoms with E-state index in [2.05, 4.69) is 50.4 Å². The first-order chi connectivity index (χ1) is 10.9. The van der Waals surface area contributed by atoms with Crippen LogP contribution in [0.15, 0.2) is 54.6 Å². The second-order valence-electron chi connectivity index (χ2n) is 6.54. The smallest absolute Gasteiger partial charge is 0.241 e. The molecule has 3 nitrogen and oxygen atoms in total. The highest BCUT2D eigenvalue weighted by Gasteiger charge is 2.23. The molecule has 24 heavy (non-hydrogen) atoms. The summed E-state index contributed by atoms with van der Waals surface area (Å²) >= 11 is 0. The van der Waals surface area contributed by atoms with E-state index in [1.807, 2.05) is 30.3 Å². The molecule has 0 spiro atoms. The van der Waals surface area contributed by atoms with Gasteiger partial charge >= 0.3 is 0 Å². The van der Waals surface area contributed by atoms with Crippen molar-refractivity contribution >= 4 is 18.3 Å². The number of nitrogens with two attached hydrogens (primary N) is 1. The normalized spacial score (nSPS) is 12.2. The molecule has 0 saturated carbocycles. The van der Waals surface area contributed by atoms with Crippen LogP contribution in [-0.4, -0.2) is 12.5 Å². The highest BCUT2D eigenvalue weighted by Crippen LogP contribution is 2.23. The number of carbonyl (C=O) groups is 1. The van der Waals surface area contributed by atoms with Gasteiger partial charge in [0.25, 0.3) is 0 Å². The quantitative estimate of drug-likeness (QED) is 0.836. The van der Waals surface area contributed by atoms with Gasteiger partial charge in [-0.25, -0.2) is 0 Å². The van der Waals surface area contributed by atoms with Gasteiger partial charge in [-0.2, -0.15) is 0 Å². The lowest BCUT2D eigenvalue weighted by molar-refractivity contribution is -0.122. The third kappa shape index (κ3) is 5.08. The van der Waals surface area contributed by atoms with Gasteiger partial charge in [-0.15, -0.1) is 12.4 Å². The van der Waals surface area contributed by atoms with E-state index in [1.54, 1.807) is 0 Å². The van der Waals surface area contributed by atoms with Crippen molar-refractivity contribution in [2.24, 2.45) is 5.73 Å². The zero-order valence-corrected chi connectivity index (χ0v) is 15.4. The van der Waals surface area contributed by atoms with Gasteiger partial charge in [-0.05, 0) is 23.1 Å². The largest absolute Gasteiger partial charge is 0.354 e. The van der Waals surface area contributed by atoms with E-state index >= 15 is 0 Å². The molecule has 1 atom stereocenters. The number of halogens is 1. The molecule has 0 aliphatic heterocycles. The van der Waals surface area contributed by atoms with Gasteiger partial charge in [0.05, 0.1) is 0 Å². The average Bonchev–Trinajstić information content (AvgIpc) is 2.60. The van der Waals surface area contributed by atoms with Crippen LogP contribution in [0.3, 0.4) is 0 Å². The molecule has 0 fully saturated rings. The predicted octanol–water partition coefficient (Wildman–Crippen LogP) is 3.76. The molecule has 1 unspecified atom stereocenters. The molecule has 0 aliphatic carbocycles. The van der Waals surface area contributed by atoms with Gasteiger partial charge in [0.1, 0.15) is 6.04 Å². The van der Waals surface area contributed by atoms with Crippen molar-refractivity contribution in [1.82, 2.24) is 5.32 Å². The van der Waals surface area contributed by atoms with Crippen LogP contribution in [0.5, 0.6) is 0 Å². The maximum Gasteiger partial charge on any atom is 0.241 e. The Kier molecular flexibility index (Phi) is 7.46. The fraction of sp³-hybridized carbons (Fsp3) is 0.350. The van der Waals surface area contributed by atoms with Crippen LogP contribution < -0.4 is 11.1 Å². The number of amides is 1. The van der Waals surface area contributed by atoms with Crippen LogP contribution in [0, 0.1) is 0 Å². The van der Waals surface area contributed by atoms with Gasteiger partial charge in [-0.1, -0.05) is 75.4 Å². The highest BCUT2D eigenvalue weighted by atomic mass is 35.5. The second kappa shape index (κ2) is 8.86. The molecule has 0 bridgehead atoms. The molecule has 2 aromatic rings. The van der Waals surface area contributed by atoms with Crippen LogP contribution in [0.2, 0.25) is 0 Å². The molecule has 2 rings (SSSR count). The van der Waals surface area contributed by atoms with Crippen molar-refractivity contribution in [3.8, 4) is 0 Å². The minimum absolute atomic E-state index is 0. The van der Waals surface area contributed by atoms with Crippen LogP contribution in [-0.2, 0) is 16.6 Å². The number of nitrogens with one attached hydrogen (secondary N) is 1. The molecule has 1 amide bonds. The van der Waals surface area contributed by atoms with Gasteiger partial charge in [-0.3, -0.25) is 4.79 Å². The van der Waals surface area contributed by atoms with Gasteiger partial charge in [0.15, 0.2) is 0 Å². The Balaban J connectivity index is 0.00000288. The third-order valence-corrected chi connectivity index (χ3v) is 4.29. The van der Waals surface area contributed by atoms with E-state index in [-0.39, 0.29) is 23.7 Å². The van der Waals surface area contributed by atoms with E-state index < -0.39 is 6.04 Å². The minimum atomic E-state index is -0.630. The van der Waals surface area contributed by atoms with Gasteiger partial charge in [0, 0.05) is 12.0 Å². The first-order valence-electron chi connectivity index (χ1n) is 8.11. The summed E-state index contributed by atoms with van der Waals surface area (Å²) in [4.78, 5) is 12.3. The minimum Gasteiger partial charge on any atom is -0.354 e. The molecule has 2 aromatic carbocycles. The summed E-state index contributed by atoms with van der Waals surface area (Å²) in [6.45, 7) is 6.95. The Hall–Kier alpha value is -1.84. The van der Waals surface area contributed by atoms with Crippen molar-refractivity contribution in [2.75, 3.05) is 6.54 Å². The zero-order chi connectivity index (χ0) is 16.9. The monoisotopic (exact) mass is 346 g/mol. The Morgan fingerprint density at radius 2 is 1.67 bits per heavy atom. The summed E-state index contributed by atoms with van der Waals surface area (Å²) < 4.78 is 0. The van der Waals surface area contributed by atoms with Crippen LogP contribution in [0.25, 0.3) is 0 Å². The molecule has 0 saturated heterocycles. The fourth-order valence-corrected chi connectivity index (χ4v) is 2.52. The summed E-state index contributed by atoms with van der Waals surface area (Å²) in [6.07, 6.45) is 1.03. The Labute approximate surface area is 151 Å². The molecular formula is C20H27ClN2O. The molecule has 130 valence electrons. The van der Waals surface area contributed by atoms with E-state index in [0.717, 1.165) is 12.0 Å². The average molecular weight is 347 g/mol. The van der Waals surface area contributed by atoms with E-state index in [4.69, 9.17) is 5.73 Å². The number of rotatable bonds is 6. The molecular weight excluding hydrogens is 320 g/mol. The zero-order valence-electron chi connectivity index (χ0n) is 14.6. The first-order valence-corrected chi connectivity index (χ1v) is 8.11. The van der Waals surface area contributed by atoms with Crippen LogP contribution in [0.1, 0.15) is 43.5 Å². The number of aryl methyl sites for hydroxylation is 1. The molecule has 0 radical (unpaired) electrons. The SMILES string of the molecule is CCc1ccc(C(C)(C)CNC(=O)C(N)c2ccccc2)cc1.Cl. The van der Waals surface area contributed by atoms with Crippen LogP contribution >= 0.6 is 12.4 Å². The van der Waals surface area contributed by atoms with E-state index in [9.17, 15) is 4.79 Å². The summed E-state index contributed by atoms with van der Waals surface area (Å²) in [5, 5.41) is 2.98. The van der Waals surface area contributed by atoms with Crippen LogP contribution in [0.4, 0.5) is 0 Å².